The van der Waals surface area contributed by atoms with E-state index in [0.717, 1.165) is 23.0 Å². The molecule has 1 aromatic carbocycles. The number of aryl methyl sites for hydroxylation is 2. The lowest BCUT2D eigenvalue weighted by Crippen LogP contribution is -2.25. The number of rotatable bonds is 5. The molecule has 106 valence electrons. The summed E-state index contributed by atoms with van der Waals surface area (Å²) in [7, 11) is 0. The molecular formula is C16H19BrN2O. The topological polar surface area (TPSA) is 34.0 Å². The summed E-state index contributed by atoms with van der Waals surface area (Å²) in [6.45, 7) is 5.55. The highest BCUT2D eigenvalue weighted by Gasteiger charge is 2.12. The van der Waals surface area contributed by atoms with Gasteiger partial charge in [-0.2, -0.15) is 0 Å². The minimum atomic E-state index is -0.0364. The van der Waals surface area contributed by atoms with Crippen molar-refractivity contribution in [2.75, 3.05) is 0 Å². The maximum Gasteiger partial charge on any atom is 0.268 e. The van der Waals surface area contributed by atoms with Crippen LogP contribution in [-0.4, -0.2) is 10.5 Å². The Labute approximate surface area is 128 Å². The average Bonchev–Trinajstić information content (AvgIpc) is 2.78. The van der Waals surface area contributed by atoms with E-state index in [1.165, 1.54) is 5.56 Å². The van der Waals surface area contributed by atoms with Crippen molar-refractivity contribution in [3.05, 3.63) is 57.8 Å². The Morgan fingerprint density at radius 3 is 2.85 bits per heavy atom. The van der Waals surface area contributed by atoms with E-state index in [4.69, 9.17) is 0 Å². The van der Waals surface area contributed by atoms with Crippen molar-refractivity contribution in [2.24, 2.45) is 0 Å². The van der Waals surface area contributed by atoms with Crippen LogP contribution in [0.1, 0.15) is 35.0 Å². The predicted molar refractivity (Wildman–Crippen MR) is 84.8 cm³/mol. The number of aromatic nitrogens is 1. The van der Waals surface area contributed by atoms with Crippen LogP contribution in [0.5, 0.6) is 0 Å². The van der Waals surface area contributed by atoms with E-state index in [1.807, 2.05) is 29.0 Å². The van der Waals surface area contributed by atoms with E-state index >= 15 is 0 Å². The number of benzene rings is 1. The molecule has 2 aromatic rings. The third kappa shape index (κ3) is 3.73. The second-order valence-corrected chi connectivity index (χ2v) is 5.82. The number of carbonyl (C=O) groups excluding carboxylic acids is 1. The second-order valence-electron chi connectivity index (χ2n) is 4.91. The number of hydrogen-bond acceptors (Lipinski definition) is 1. The Morgan fingerprint density at radius 2 is 2.15 bits per heavy atom. The first-order valence-electron chi connectivity index (χ1n) is 6.79. The van der Waals surface area contributed by atoms with Gasteiger partial charge in [0, 0.05) is 23.8 Å². The molecule has 0 radical (unpaired) electrons. The second kappa shape index (κ2) is 6.75. The largest absolute Gasteiger partial charge is 0.347 e. The van der Waals surface area contributed by atoms with Crippen molar-refractivity contribution in [3.63, 3.8) is 0 Å². The van der Waals surface area contributed by atoms with Gasteiger partial charge in [-0.25, -0.2) is 0 Å². The summed E-state index contributed by atoms with van der Waals surface area (Å²) in [5, 5.41) is 2.97. The van der Waals surface area contributed by atoms with E-state index in [-0.39, 0.29) is 5.91 Å². The maximum atomic E-state index is 12.3. The minimum Gasteiger partial charge on any atom is -0.347 e. The fraction of sp³-hybridized carbons (Fsp3) is 0.312. The zero-order valence-electron chi connectivity index (χ0n) is 11.8. The fourth-order valence-electron chi connectivity index (χ4n) is 2.19. The molecule has 0 bridgehead atoms. The summed E-state index contributed by atoms with van der Waals surface area (Å²) in [5.74, 6) is -0.0364. The van der Waals surface area contributed by atoms with Gasteiger partial charge in [-0.3, -0.25) is 4.79 Å². The number of hydrogen-bond donors (Lipinski definition) is 1. The molecule has 0 saturated carbocycles. The quantitative estimate of drug-likeness (QED) is 0.883. The van der Waals surface area contributed by atoms with Crippen LogP contribution in [0.25, 0.3) is 0 Å². The molecule has 3 nitrogen and oxygen atoms in total. The molecule has 1 heterocycles. The van der Waals surface area contributed by atoms with Gasteiger partial charge in [0.1, 0.15) is 5.69 Å². The van der Waals surface area contributed by atoms with Crippen molar-refractivity contribution in [1.82, 2.24) is 9.88 Å². The molecule has 0 aliphatic rings. The number of halogens is 1. The van der Waals surface area contributed by atoms with Crippen LogP contribution in [0.3, 0.4) is 0 Å². The highest BCUT2D eigenvalue weighted by atomic mass is 79.9. The van der Waals surface area contributed by atoms with Crippen molar-refractivity contribution < 1.29 is 4.79 Å². The third-order valence-electron chi connectivity index (χ3n) is 3.10. The molecule has 1 amide bonds. The molecule has 1 aromatic heterocycles. The average molecular weight is 335 g/mol. The van der Waals surface area contributed by atoms with Gasteiger partial charge in [0.2, 0.25) is 0 Å². The van der Waals surface area contributed by atoms with Crippen molar-refractivity contribution >= 4 is 21.8 Å². The predicted octanol–water partition coefficient (Wildman–Crippen LogP) is 3.90. The normalized spacial score (nSPS) is 10.6. The van der Waals surface area contributed by atoms with Crippen LogP contribution in [0.2, 0.25) is 0 Å². The molecule has 0 saturated heterocycles. The summed E-state index contributed by atoms with van der Waals surface area (Å²) < 4.78 is 2.92. The van der Waals surface area contributed by atoms with Crippen molar-refractivity contribution in [2.45, 2.75) is 33.4 Å². The van der Waals surface area contributed by atoms with Gasteiger partial charge in [-0.1, -0.05) is 36.8 Å². The molecule has 0 fully saturated rings. The fourth-order valence-corrected chi connectivity index (χ4v) is 2.65. The number of amides is 1. The summed E-state index contributed by atoms with van der Waals surface area (Å²) in [5.41, 5.74) is 3.02. The van der Waals surface area contributed by atoms with E-state index in [9.17, 15) is 4.79 Å². The van der Waals surface area contributed by atoms with Gasteiger partial charge in [-0.05, 0) is 40.9 Å². The Morgan fingerprint density at radius 1 is 1.35 bits per heavy atom. The minimum absolute atomic E-state index is 0.0364. The zero-order chi connectivity index (χ0) is 14.5. The first-order valence-corrected chi connectivity index (χ1v) is 7.59. The standard InChI is InChI=1S/C16H19BrN2O/c1-3-7-19-11-14(17)9-15(19)16(20)18-10-13-6-4-5-12(2)8-13/h4-6,8-9,11H,3,7,10H2,1-2H3,(H,18,20). The first-order chi connectivity index (χ1) is 9.60. The van der Waals surface area contributed by atoms with Crippen molar-refractivity contribution in [3.8, 4) is 0 Å². The van der Waals surface area contributed by atoms with Crippen LogP contribution in [0.15, 0.2) is 41.0 Å². The summed E-state index contributed by atoms with van der Waals surface area (Å²) in [6.07, 6.45) is 2.95. The molecule has 0 spiro atoms. The molecule has 20 heavy (non-hydrogen) atoms. The van der Waals surface area contributed by atoms with E-state index in [2.05, 4.69) is 47.2 Å². The van der Waals surface area contributed by atoms with Gasteiger partial charge in [0.05, 0.1) is 0 Å². The van der Waals surface area contributed by atoms with Gasteiger partial charge >= 0.3 is 0 Å². The van der Waals surface area contributed by atoms with Crippen molar-refractivity contribution in [1.29, 1.82) is 0 Å². The van der Waals surface area contributed by atoms with Crippen LogP contribution < -0.4 is 5.32 Å². The molecule has 0 aliphatic carbocycles. The summed E-state index contributed by atoms with van der Waals surface area (Å²) in [6, 6.07) is 10.0. The van der Waals surface area contributed by atoms with E-state index < -0.39 is 0 Å². The lowest BCUT2D eigenvalue weighted by molar-refractivity contribution is 0.0941. The molecular weight excluding hydrogens is 316 g/mol. The van der Waals surface area contributed by atoms with E-state index in [0.29, 0.717) is 12.2 Å². The molecule has 0 atom stereocenters. The van der Waals surface area contributed by atoms with Gasteiger partial charge in [0.15, 0.2) is 0 Å². The van der Waals surface area contributed by atoms with Gasteiger partial charge < -0.3 is 9.88 Å². The number of nitrogens with one attached hydrogen (secondary N) is 1. The Hall–Kier alpha value is -1.55. The first kappa shape index (κ1) is 14.9. The van der Waals surface area contributed by atoms with Crippen LogP contribution in [0, 0.1) is 6.92 Å². The lowest BCUT2D eigenvalue weighted by Gasteiger charge is -2.09. The summed E-state index contributed by atoms with van der Waals surface area (Å²) >= 11 is 3.43. The highest BCUT2D eigenvalue weighted by Crippen LogP contribution is 2.15. The molecule has 0 unspecified atom stereocenters. The van der Waals surface area contributed by atoms with Crippen LogP contribution in [-0.2, 0) is 13.1 Å². The van der Waals surface area contributed by atoms with Crippen LogP contribution >= 0.6 is 15.9 Å². The maximum absolute atomic E-state index is 12.3. The number of carbonyl (C=O) groups is 1. The zero-order valence-corrected chi connectivity index (χ0v) is 13.4. The Bertz CT molecular complexity index is 604. The molecule has 0 aliphatic heterocycles. The Balaban J connectivity index is 2.05. The molecule has 4 heteroatoms. The lowest BCUT2D eigenvalue weighted by atomic mass is 10.1. The highest BCUT2D eigenvalue weighted by molar-refractivity contribution is 9.10. The monoisotopic (exact) mass is 334 g/mol. The third-order valence-corrected chi connectivity index (χ3v) is 3.53. The number of nitrogens with zero attached hydrogens (tertiary/aromatic N) is 1. The van der Waals surface area contributed by atoms with Crippen LogP contribution in [0.4, 0.5) is 0 Å². The van der Waals surface area contributed by atoms with Gasteiger partial charge in [0.25, 0.3) is 5.91 Å². The smallest absolute Gasteiger partial charge is 0.268 e. The van der Waals surface area contributed by atoms with E-state index in [1.54, 1.807) is 0 Å². The Kier molecular flexibility index (Phi) is 5.01. The van der Waals surface area contributed by atoms with Gasteiger partial charge in [-0.15, -0.1) is 0 Å². The summed E-state index contributed by atoms with van der Waals surface area (Å²) in [4.78, 5) is 12.3. The molecule has 2 rings (SSSR count). The molecule has 1 N–H and O–H groups in total. The SMILES string of the molecule is CCCn1cc(Br)cc1C(=O)NCc1cccc(C)c1.